The van der Waals surface area contributed by atoms with Crippen LogP contribution in [0.3, 0.4) is 0 Å². The predicted octanol–water partition coefficient (Wildman–Crippen LogP) is -0.174. The summed E-state index contributed by atoms with van der Waals surface area (Å²) < 4.78 is 35.5. The standard InChI is InChI=1S/C17H22N2O6S/c20-17(21)9-19-4-3-18(13-10-26(22,23)11-14(13)19)8-12-1-2-15-16(7-12)25-6-5-24-15/h1-2,7,13-14H,3-6,8-11H2,(H,20,21)/t13-,14+/m1/s1. The van der Waals surface area contributed by atoms with Gasteiger partial charge in [0.25, 0.3) is 0 Å². The van der Waals surface area contributed by atoms with Crippen LogP contribution in [0.15, 0.2) is 18.2 Å². The number of carbonyl (C=O) groups is 1. The molecule has 3 heterocycles. The number of hydrogen-bond acceptors (Lipinski definition) is 7. The van der Waals surface area contributed by atoms with Gasteiger partial charge in [0.15, 0.2) is 21.3 Å². The van der Waals surface area contributed by atoms with Gasteiger partial charge < -0.3 is 14.6 Å². The van der Waals surface area contributed by atoms with E-state index in [9.17, 15) is 13.2 Å². The molecule has 1 N–H and O–H groups in total. The second kappa shape index (κ2) is 6.71. The van der Waals surface area contributed by atoms with Gasteiger partial charge in [0.05, 0.1) is 18.1 Å². The highest BCUT2D eigenvalue weighted by Crippen LogP contribution is 2.33. The van der Waals surface area contributed by atoms with Gasteiger partial charge in [-0.3, -0.25) is 14.6 Å². The number of benzene rings is 1. The minimum Gasteiger partial charge on any atom is -0.486 e. The van der Waals surface area contributed by atoms with E-state index in [4.69, 9.17) is 14.6 Å². The first-order valence-electron chi connectivity index (χ1n) is 8.70. The van der Waals surface area contributed by atoms with E-state index in [1.807, 2.05) is 18.2 Å². The van der Waals surface area contributed by atoms with Gasteiger partial charge in [-0.25, -0.2) is 8.42 Å². The Balaban J connectivity index is 1.53. The third-order valence-electron chi connectivity index (χ3n) is 5.24. The number of hydrogen-bond donors (Lipinski definition) is 1. The normalized spacial score (nSPS) is 27.8. The third kappa shape index (κ3) is 3.51. The van der Waals surface area contributed by atoms with E-state index in [2.05, 4.69) is 4.90 Å². The number of rotatable bonds is 4. The van der Waals surface area contributed by atoms with Gasteiger partial charge >= 0.3 is 5.97 Å². The molecule has 0 spiro atoms. The Hall–Kier alpha value is -1.84. The highest BCUT2D eigenvalue weighted by atomic mass is 32.2. The molecular formula is C17H22N2O6S. The van der Waals surface area contributed by atoms with E-state index in [1.165, 1.54) is 0 Å². The number of aliphatic carboxylic acids is 1. The molecule has 9 heteroatoms. The topological polar surface area (TPSA) is 96.4 Å². The number of piperazine rings is 1. The van der Waals surface area contributed by atoms with Gasteiger partial charge in [-0.05, 0) is 17.7 Å². The summed E-state index contributed by atoms with van der Waals surface area (Å²) in [6, 6.07) is 5.35. The molecule has 2 fully saturated rings. The molecule has 26 heavy (non-hydrogen) atoms. The van der Waals surface area contributed by atoms with Crippen LogP contribution in [-0.4, -0.2) is 85.7 Å². The Morgan fingerprint density at radius 3 is 2.46 bits per heavy atom. The SMILES string of the molecule is O=C(O)CN1CCN(Cc2ccc3c(c2)OCCO3)[C@@H]2CS(=O)(=O)C[C@@H]21. The van der Waals surface area contributed by atoms with Crippen molar-refractivity contribution in [2.24, 2.45) is 0 Å². The predicted molar refractivity (Wildman–Crippen MR) is 93.3 cm³/mol. The first-order valence-corrected chi connectivity index (χ1v) is 10.5. The summed E-state index contributed by atoms with van der Waals surface area (Å²) in [6.07, 6.45) is 0. The van der Waals surface area contributed by atoms with Crippen molar-refractivity contribution in [1.29, 1.82) is 0 Å². The Kier molecular flexibility index (Phi) is 4.54. The number of carboxylic acid groups (broad SMARTS) is 1. The van der Waals surface area contributed by atoms with Gasteiger partial charge in [-0.15, -0.1) is 0 Å². The zero-order valence-corrected chi connectivity index (χ0v) is 15.2. The minimum absolute atomic E-state index is 0.0303. The van der Waals surface area contributed by atoms with Crippen molar-refractivity contribution in [3.8, 4) is 11.5 Å². The van der Waals surface area contributed by atoms with Crippen LogP contribution >= 0.6 is 0 Å². The van der Waals surface area contributed by atoms with Crippen LogP contribution in [0.5, 0.6) is 11.5 Å². The molecule has 0 aromatic heterocycles. The lowest BCUT2D eigenvalue weighted by Crippen LogP contribution is -2.59. The average Bonchev–Trinajstić information content (AvgIpc) is 2.92. The molecule has 3 aliphatic rings. The number of fused-ring (bicyclic) bond motifs is 2. The zero-order valence-electron chi connectivity index (χ0n) is 14.3. The second-order valence-corrected chi connectivity index (χ2v) is 9.18. The number of ether oxygens (including phenoxy) is 2. The first-order chi connectivity index (χ1) is 12.4. The molecule has 2 saturated heterocycles. The minimum atomic E-state index is -3.16. The maximum Gasteiger partial charge on any atom is 0.317 e. The van der Waals surface area contributed by atoms with Crippen LogP contribution in [0.1, 0.15) is 5.56 Å². The van der Waals surface area contributed by atoms with Crippen LogP contribution in [-0.2, 0) is 21.2 Å². The smallest absolute Gasteiger partial charge is 0.317 e. The molecule has 1 aromatic rings. The van der Waals surface area contributed by atoms with Gasteiger partial charge in [-0.1, -0.05) is 6.07 Å². The Labute approximate surface area is 152 Å². The summed E-state index contributed by atoms with van der Waals surface area (Å²) in [5.74, 6) is 0.635. The van der Waals surface area contributed by atoms with Crippen molar-refractivity contribution in [3.05, 3.63) is 23.8 Å². The molecule has 142 valence electrons. The molecule has 4 rings (SSSR count). The van der Waals surface area contributed by atoms with Crippen molar-refractivity contribution < 1.29 is 27.8 Å². The van der Waals surface area contributed by atoms with Crippen molar-refractivity contribution in [2.45, 2.75) is 18.6 Å². The number of nitrogens with zero attached hydrogens (tertiary/aromatic N) is 2. The molecule has 0 aliphatic carbocycles. The molecule has 0 radical (unpaired) electrons. The lowest BCUT2D eigenvalue weighted by Gasteiger charge is -2.43. The quantitative estimate of drug-likeness (QED) is 0.767. The summed E-state index contributed by atoms with van der Waals surface area (Å²) >= 11 is 0. The van der Waals surface area contributed by atoms with Crippen LogP contribution < -0.4 is 9.47 Å². The van der Waals surface area contributed by atoms with Crippen LogP contribution in [0, 0.1) is 0 Å². The van der Waals surface area contributed by atoms with Crippen molar-refractivity contribution in [3.63, 3.8) is 0 Å². The van der Waals surface area contributed by atoms with Crippen LogP contribution in [0.25, 0.3) is 0 Å². The largest absolute Gasteiger partial charge is 0.486 e. The molecule has 8 nitrogen and oxygen atoms in total. The van der Waals surface area contributed by atoms with Crippen molar-refractivity contribution >= 4 is 15.8 Å². The van der Waals surface area contributed by atoms with Gasteiger partial charge in [-0.2, -0.15) is 0 Å². The van der Waals surface area contributed by atoms with Crippen molar-refractivity contribution in [2.75, 3.05) is 44.4 Å². The van der Waals surface area contributed by atoms with E-state index in [1.54, 1.807) is 4.90 Å². The fourth-order valence-electron chi connectivity index (χ4n) is 4.08. The molecule has 0 amide bonds. The maximum atomic E-state index is 12.2. The number of carboxylic acids is 1. The van der Waals surface area contributed by atoms with E-state index in [0.29, 0.717) is 38.6 Å². The lowest BCUT2D eigenvalue weighted by molar-refractivity contribution is -0.139. The Bertz CT molecular complexity index is 811. The summed E-state index contributed by atoms with van der Waals surface area (Å²) in [4.78, 5) is 15.0. The monoisotopic (exact) mass is 382 g/mol. The van der Waals surface area contributed by atoms with E-state index in [0.717, 1.165) is 11.3 Å². The summed E-state index contributed by atoms with van der Waals surface area (Å²) in [5, 5.41) is 9.10. The lowest BCUT2D eigenvalue weighted by atomic mass is 10.0. The highest BCUT2D eigenvalue weighted by Gasteiger charge is 2.46. The molecule has 3 aliphatic heterocycles. The van der Waals surface area contributed by atoms with Crippen LogP contribution in [0.4, 0.5) is 0 Å². The van der Waals surface area contributed by atoms with E-state index < -0.39 is 15.8 Å². The van der Waals surface area contributed by atoms with E-state index in [-0.39, 0.29) is 30.1 Å². The Morgan fingerprint density at radius 2 is 1.73 bits per heavy atom. The van der Waals surface area contributed by atoms with Gasteiger partial charge in [0.1, 0.15) is 13.2 Å². The summed E-state index contributed by atoms with van der Waals surface area (Å²) in [7, 11) is -3.16. The molecule has 0 saturated carbocycles. The Morgan fingerprint density at radius 1 is 1.08 bits per heavy atom. The summed E-state index contributed by atoms with van der Waals surface area (Å²) in [5.41, 5.74) is 1.03. The molecule has 1 aromatic carbocycles. The summed E-state index contributed by atoms with van der Waals surface area (Å²) in [6.45, 7) is 2.74. The van der Waals surface area contributed by atoms with Crippen LogP contribution in [0.2, 0.25) is 0 Å². The zero-order chi connectivity index (χ0) is 18.3. The average molecular weight is 382 g/mol. The first kappa shape index (κ1) is 17.6. The molecule has 0 bridgehead atoms. The molecular weight excluding hydrogens is 360 g/mol. The maximum absolute atomic E-state index is 12.2. The van der Waals surface area contributed by atoms with Crippen molar-refractivity contribution in [1.82, 2.24) is 9.80 Å². The molecule has 2 atom stereocenters. The third-order valence-corrected chi connectivity index (χ3v) is 6.94. The highest BCUT2D eigenvalue weighted by molar-refractivity contribution is 7.91. The fraction of sp³-hybridized carbons (Fsp3) is 0.588. The molecule has 0 unspecified atom stereocenters. The second-order valence-electron chi connectivity index (χ2n) is 7.02. The van der Waals surface area contributed by atoms with E-state index >= 15 is 0 Å². The fourth-order valence-corrected chi connectivity index (χ4v) is 6.13. The van der Waals surface area contributed by atoms with Gasteiger partial charge in [0.2, 0.25) is 0 Å². The number of sulfone groups is 1. The van der Waals surface area contributed by atoms with Gasteiger partial charge in [0, 0.05) is 31.7 Å².